The lowest BCUT2D eigenvalue weighted by Gasteiger charge is -2.38. The van der Waals surface area contributed by atoms with Crippen LogP contribution in [0.2, 0.25) is 0 Å². The summed E-state index contributed by atoms with van der Waals surface area (Å²) in [6.45, 7) is 3.93. The molecule has 1 aromatic heterocycles. The zero-order valence-electron chi connectivity index (χ0n) is 19.7. The molecule has 1 fully saturated rings. The Morgan fingerprint density at radius 3 is 2.52 bits per heavy atom. The third-order valence-corrected chi connectivity index (χ3v) is 6.18. The number of aliphatic imine (C=N–C) groups is 1. The van der Waals surface area contributed by atoms with Crippen molar-refractivity contribution in [3.8, 4) is 23.3 Å². The lowest BCUT2D eigenvalue weighted by Crippen LogP contribution is -2.36. The number of benzene rings is 1. The van der Waals surface area contributed by atoms with Crippen molar-refractivity contribution in [1.29, 1.82) is 0 Å². The lowest BCUT2D eigenvalue weighted by molar-refractivity contribution is -0.148. The van der Waals surface area contributed by atoms with Gasteiger partial charge in [-0.1, -0.05) is 0 Å². The monoisotopic (exact) mass is 454 g/mol. The average Bonchev–Trinajstić information content (AvgIpc) is 2.82. The molecule has 8 heteroatoms. The minimum Gasteiger partial charge on any atom is -0.493 e. The van der Waals surface area contributed by atoms with E-state index in [-0.39, 0.29) is 24.0 Å². The first-order chi connectivity index (χ1) is 16.0. The average molecular weight is 455 g/mol. The fraction of sp³-hybridized carbons (Fsp3) is 0.480. The van der Waals surface area contributed by atoms with Gasteiger partial charge in [-0.2, -0.15) is 4.98 Å². The maximum atomic E-state index is 11.6. The SMILES string of the molecule is CCOc1cc2c(cc1OC)C(c1ccc(OC)nc1OC)=N[C@@H]1CC[C@@H](OC(C)=O)C[C@H]21. The fourth-order valence-electron chi connectivity index (χ4n) is 4.78. The largest absolute Gasteiger partial charge is 0.493 e. The third-order valence-electron chi connectivity index (χ3n) is 6.18. The number of esters is 1. The molecule has 0 amide bonds. The molecule has 0 bridgehead atoms. The summed E-state index contributed by atoms with van der Waals surface area (Å²) >= 11 is 0. The van der Waals surface area contributed by atoms with Gasteiger partial charge < -0.3 is 23.7 Å². The first-order valence-electron chi connectivity index (χ1n) is 11.2. The summed E-state index contributed by atoms with van der Waals surface area (Å²) in [5.74, 6) is 2.08. The minimum absolute atomic E-state index is 0.0500. The molecule has 2 heterocycles. The Hall–Kier alpha value is -3.29. The second kappa shape index (κ2) is 9.68. The molecule has 0 saturated heterocycles. The van der Waals surface area contributed by atoms with Gasteiger partial charge in [-0.15, -0.1) is 0 Å². The molecule has 33 heavy (non-hydrogen) atoms. The zero-order valence-corrected chi connectivity index (χ0v) is 19.7. The molecule has 0 N–H and O–H groups in total. The summed E-state index contributed by atoms with van der Waals surface area (Å²) < 4.78 is 27.9. The highest BCUT2D eigenvalue weighted by Crippen LogP contribution is 2.46. The number of carbonyl (C=O) groups is 1. The standard InChI is InChI=1S/C25H30N2O6/c1-6-32-22-12-17-18-11-15(33-14(2)28)7-9-20(18)26-24(19(17)13-21(22)29-3)16-8-10-23(30-4)27-25(16)31-5/h8,10,12-13,15,18,20H,6-7,9,11H2,1-5H3/t15-,18-,20-/m1/s1. The van der Waals surface area contributed by atoms with Crippen LogP contribution >= 0.6 is 0 Å². The van der Waals surface area contributed by atoms with E-state index < -0.39 is 0 Å². The Bertz CT molecular complexity index is 1070. The van der Waals surface area contributed by atoms with Gasteiger partial charge in [0.15, 0.2) is 11.5 Å². The summed E-state index contributed by atoms with van der Waals surface area (Å²) in [5.41, 5.74) is 3.62. The first-order valence-corrected chi connectivity index (χ1v) is 11.2. The highest BCUT2D eigenvalue weighted by Gasteiger charge is 2.39. The van der Waals surface area contributed by atoms with Crippen molar-refractivity contribution in [3.05, 3.63) is 41.0 Å². The number of hydrogen-bond acceptors (Lipinski definition) is 8. The third kappa shape index (κ3) is 4.47. The Balaban J connectivity index is 1.86. The lowest BCUT2D eigenvalue weighted by atomic mass is 9.74. The van der Waals surface area contributed by atoms with Gasteiger partial charge in [0, 0.05) is 24.5 Å². The van der Waals surface area contributed by atoms with E-state index in [1.54, 1.807) is 27.4 Å². The van der Waals surface area contributed by atoms with Crippen molar-refractivity contribution < 1.29 is 28.5 Å². The minimum atomic E-state index is -0.252. The van der Waals surface area contributed by atoms with E-state index in [0.29, 0.717) is 36.3 Å². The summed E-state index contributed by atoms with van der Waals surface area (Å²) in [7, 11) is 4.78. The molecule has 4 rings (SSSR count). The smallest absolute Gasteiger partial charge is 0.302 e. The molecule has 2 aliphatic rings. The highest BCUT2D eigenvalue weighted by molar-refractivity contribution is 6.16. The van der Waals surface area contributed by atoms with Crippen LogP contribution in [0.3, 0.4) is 0 Å². The number of hydrogen-bond donors (Lipinski definition) is 0. The molecule has 0 unspecified atom stereocenters. The maximum Gasteiger partial charge on any atom is 0.302 e. The summed E-state index contributed by atoms with van der Waals surface area (Å²) in [5, 5.41) is 0. The molecular formula is C25H30N2O6. The van der Waals surface area contributed by atoms with Gasteiger partial charge in [-0.05, 0) is 49.9 Å². The van der Waals surface area contributed by atoms with Crippen LogP contribution in [0.5, 0.6) is 23.3 Å². The molecule has 176 valence electrons. The Morgan fingerprint density at radius 2 is 1.85 bits per heavy atom. The van der Waals surface area contributed by atoms with Crippen LogP contribution in [0.15, 0.2) is 29.3 Å². The van der Waals surface area contributed by atoms with Gasteiger partial charge in [0.25, 0.3) is 0 Å². The molecule has 0 spiro atoms. The quantitative estimate of drug-likeness (QED) is 0.586. The molecule has 8 nitrogen and oxygen atoms in total. The van der Waals surface area contributed by atoms with Crippen LogP contribution in [0, 0.1) is 0 Å². The van der Waals surface area contributed by atoms with E-state index in [9.17, 15) is 4.79 Å². The number of carbonyl (C=O) groups excluding carboxylic acids is 1. The van der Waals surface area contributed by atoms with Crippen LogP contribution in [0.25, 0.3) is 0 Å². The van der Waals surface area contributed by atoms with Crippen LogP contribution < -0.4 is 18.9 Å². The van der Waals surface area contributed by atoms with E-state index in [2.05, 4.69) is 4.98 Å². The van der Waals surface area contributed by atoms with Gasteiger partial charge in [-0.25, -0.2) is 0 Å². The van der Waals surface area contributed by atoms with Crippen LogP contribution in [-0.2, 0) is 9.53 Å². The Labute approximate surface area is 193 Å². The van der Waals surface area contributed by atoms with Gasteiger partial charge >= 0.3 is 5.97 Å². The first kappa shape index (κ1) is 22.9. The summed E-state index contributed by atoms with van der Waals surface area (Å²) in [6.07, 6.45) is 2.18. The van der Waals surface area contributed by atoms with E-state index in [4.69, 9.17) is 28.7 Å². The van der Waals surface area contributed by atoms with Gasteiger partial charge in [0.1, 0.15) is 6.10 Å². The molecule has 0 radical (unpaired) electrons. The Morgan fingerprint density at radius 1 is 1.03 bits per heavy atom. The van der Waals surface area contributed by atoms with Crippen LogP contribution in [0.4, 0.5) is 0 Å². The van der Waals surface area contributed by atoms with Crippen molar-refractivity contribution in [3.63, 3.8) is 0 Å². The Kier molecular flexibility index (Phi) is 6.72. The second-order valence-electron chi connectivity index (χ2n) is 8.13. The molecule has 1 saturated carbocycles. The second-order valence-corrected chi connectivity index (χ2v) is 8.13. The number of fused-ring (bicyclic) bond motifs is 3. The van der Waals surface area contributed by atoms with Crippen molar-refractivity contribution >= 4 is 11.7 Å². The number of methoxy groups -OCH3 is 3. The summed E-state index contributed by atoms with van der Waals surface area (Å²) in [6, 6.07) is 7.78. The van der Waals surface area contributed by atoms with E-state index >= 15 is 0 Å². The topological polar surface area (TPSA) is 88.5 Å². The van der Waals surface area contributed by atoms with Crippen molar-refractivity contribution in [2.45, 2.75) is 51.2 Å². The van der Waals surface area contributed by atoms with Crippen molar-refractivity contribution in [2.24, 2.45) is 4.99 Å². The van der Waals surface area contributed by atoms with Crippen molar-refractivity contribution in [1.82, 2.24) is 4.98 Å². The predicted octanol–water partition coefficient (Wildman–Crippen LogP) is 3.92. The normalized spacial score (nSPS) is 21.2. The number of ether oxygens (including phenoxy) is 5. The van der Waals surface area contributed by atoms with Gasteiger partial charge in [0.2, 0.25) is 11.8 Å². The molecule has 1 aliphatic carbocycles. The van der Waals surface area contributed by atoms with Crippen LogP contribution in [0.1, 0.15) is 55.7 Å². The van der Waals surface area contributed by atoms with Gasteiger partial charge in [0.05, 0.1) is 45.3 Å². The molecule has 3 atom stereocenters. The summed E-state index contributed by atoms with van der Waals surface area (Å²) in [4.78, 5) is 21.2. The predicted molar refractivity (Wildman–Crippen MR) is 123 cm³/mol. The van der Waals surface area contributed by atoms with Crippen LogP contribution in [-0.4, -0.2) is 56.7 Å². The van der Waals surface area contributed by atoms with Crippen molar-refractivity contribution in [2.75, 3.05) is 27.9 Å². The fourth-order valence-corrected chi connectivity index (χ4v) is 4.78. The highest BCUT2D eigenvalue weighted by atomic mass is 16.5. The zero-order chi connectivity index (χ0) is 23.5. The molecule has 2 aromatic rings. The van der Waals surface area contributed by atoms with E-state index in [0.717, 1.165) is 35.2 Å². The number of pyridine rings is 1. The van der Waals surface area contributed by atoms with E-state index in [1.165, 1.54) is 6.92 Å². The number of aromatic nitrogens is 1. The van der Waals surface area contributed by atoms with E-state index in [1.807, 2.05) is 25.1 Å². The molecular weight excluding hydrogens is 424 g/mol. The molecule has 1 aromatic carbocycles. The van der Waals surface area contributed by atoms with Gasteiger partial charge in [-0.3, -0.25) is 9.79 Å². The molecule has 1 aliphatic heterocycles. The maximum absolute atomic E-state index is 11.6. The number of nitrogens with zero attached hydrogens (tertiary/aromatic N) is 2. The number of rotatable bonds is 7.